The number of hydrogen-bond donors (Lipinski definition) is 0. The number of carbonyl (C=O) groups is 1. The summed E-state index contributed by atoms with van der Waals surface area (Å²) in [5.41, 5.74) is 4.50. The summed E-state index contributed by atoms with van der Waals surface area (Å²) in [5.74, 6) is 1.92. The topological polar surface area (TPSA) is 42.0 Å². The molecule has 3 aromatic rings. The lowest BCUT2D eigenvalue weighted by atomic mass is 9.69. The normalized spacial score (nSPS) is 18.0. The second-order valence-corrected chi connectivity index (χ2v) is 10.8. The lowest BCUT2D eigenvalue weighted by Crippen LogP contribution is -2.46. The molecule has 0 saturated carbocycles. The third-order valence-corrected chi connectivity index (χ3v) is 8.33. The monoisotopic (exact) mass is 512 g/mol. The molecule has 0 radical (unpaired) electrons. The van der Waals surface area contributed by atoms with Crippen molar-refractivity contribution in [2.75, 3.05) is 40.4 Å². The van der Waals surface area contributed by atoms with E-state index in [-0.39, 0.29) is 11.3 Å². The summed E-state index contributed by atoms with van der Waals surface area (Å²) in [7, 11) is 3.42. The standard InChI is InChI=1S/C33H40N2O3/c1-37-30-15-11-28(12-16-30)33(29-13-17-31(38-2)18-14-29)19-8-20-34(25-33)24-26-9-7-10-27(23-26)32(36)35-21-5-3-4-6-22-35/h7,9-18,23H,3-6,8,19-22,24-25H2,1-2H3. The van der Waals surface area contributed by atoms with Crippen LogP contribution in [0.1, 0.15) is 65.6 Å². The molecule has 38 heavy (non-hydrogen) atoms. The van der Waals surface area contributed by atoms with Gasteiger partial charge >= 0.3 is 0 Å². The van der Waals surface area contributed by atoms with E-state index >= 15 is 0 Å². The van der Waals surface area contributed by atoms with E-state index in [0.29, 0.717) is 0 Å². The number of benzene rings is 3. The second-order valence-electron chi connectivity index (χ2n) is 10.8. The van der Waals surface area contributed by atoms with Gasteiger partial charge in [-0.05, 0) is 85.3 Å². The minimum atomic E-state index is -0.129. The van der Waals surface area contributed by atoms with Gasteiger partial charge in [0.25, 0.3) is 5.91 Å². The maximum atomic E-state index is 13.3. The summed E-state index contributed by atoms with van der Waals surface area (Å²) in [6.07, 6.45) is 6.85. The van der Waals surface area contributed by atoms with Crippen molar-refractivity contribution >= 4 is 5.91 Å². The van der Waals surface area contributed by atoms with Crippen molar-refractivity contribution in [1.82, 2.24) is 9.80 Å². The van der Waals surface area contributed by atoms with E-state index in [0.717, 1.165) is 75.5 Å². The van der Waals surface area contributed by atoms with Crippen LogP contribution in [-0.2, 0) is 12.0 Å². The molecular formula is C33H40N2O3. The van der Waals surface area contributed by atoms with Gasteiger partial charge in [0.05, 0.1) is 14.2 Å². The Bertz CT molecular complexity index is 1150. The molecule has 1 amide bonds. The molecule has 0 spiro atoms. The fourth-order valence-electron chi connectivity index (χ4n) is 6.25. The summed E-state index contributed by atoms with van der Waals surface area (Å²) >= 11 is 0. The number of nitrogens with zero attached hydrogens (tertiary/aromatic N) is 2. The number of hydrogen-bond acceptors (Lipinski definition) is 4. The molecule has 0 unspecified atom stereocenters. The van der Waals surface area contributed by atoms with Gasteiger partial charge in [-0.3, -0.25) is 9.69 Å². The first kappa shape index (κ1) is 26.3. The lowest BCUT2D eigenvalue weighted by molar-refractivity contribution is 0.0761. The van der Waals surface area contributed by atoms with Gasteiger partial charge in [0.2, 0.25) is 0 Å². The molecule has 2 aliphatic heterocycles. The van der Waals surface area contributed by atoms with E-state index in [1.54, 1.807) is 14.2 Å². The maximum absolute atomic E-state index is 13.3. The molecule has 0 aromatic heterocycles. The molecule has 2 aliphatic rings. The average Bonchev–Trinajstić information content (AvgIpc) is 3.27. The molecule has 0 N–H and O–H groups in total. The predicted molar refractivity (Wildman–Crippen MR) is 152 cm³/mol. The van der Waals surface area contributed by atoms with Crippen LogP contribution < -0.4 is 9.47 Å². The van der Waals surface area contributed by atoms with Crippen LogP contribution in [0.15, 0.2) is 72.8 Å². The Balaban J connectivity index is 1.39. The van der Waals surface area contributed by atoms with Crippen LogP contribution in [0, 0.1) is 0 Å². The van der Waals surface area contributed by atoms with Crippen LogP contribution in [0.25, 0.3) is 0 Å². The summed E-state index contributed by atoms with van der Waals surface area (Å²) in [6.45, 7) is 4.53. The van der Waals surface area contributed by atoms with Gasteiger partial charge in [0.1, 0.15) is 11.5 Å². The minimum Gasteiger partial charge on any atom is -0.497 e. The highest BCUT2D eigenvalue weighted by molar-refractivity contribution is 5.94. The number of amides is 1. The van der Waals surface area contributed by atoms with Crippen LogP contribution in [0.2, 0.25) is 0 Å². The van der Waals surface area contributed by atoms with Crippen molar-refractivity contribution in [2.24, 2.45) is 0 Å². The average molecular weight is 513 g/mol. The van der Waals surface area contributed by atoms with Crippen LogP contribution in [0.5, 0.6) is 11.5 Å². The Morgan fingerprint density at radius 2 is 1.37 bits per heavy atom. The van der Waals surface area contributed by atoms with E-state index in [4.69, 9.17) is 9.47 Å². The molecule has 2 heterocycles. The van der Waals surface area contributed by atoms with Crippen LogP contribution in [0.4, 0.5) is 0 Å². The highest BCUT2D eigenvalue weighted by Gasteiger charge is 2.39. The molecule has 0 atom stereocenters. The zero-order chi connectivity index (χ0) is 26.4. The highest BCUT2D eigenvalue weighted by Crippen LogP contribution is 2.42. The first-order chi connectivity index (χ1) is 18.6. The summed E-state index contributed by atoms with van der Waals surface area (Å²) in [6, 6.07) is 25.4. The van der Waals surface area contributed by atoms with E-state index in [9.17, 15) is 4.79 Å². The van der Waals surface area contributed by atoms with Crippen molar-refractivity contribution in [3.05, 3.63) is 95.1 Å². The van der Waals surface area contributed by atoms with E-state index in [2.05, 4.69) is 65.6 Å². The van der Waals surface area contributed by atoms with Crippen LogP contribution in [-0.4, -0.2) is 56.1 Å². The number of carbonyl (C=O) groups excluding carboxylic acids is 1. The van der Waals surface area contributed by atoms with Gasteiger partial charge in [0, 0.05) is 37.2 Å². The molecule has 3 aromatic carbocycles. The first-order valence-electron chi connectivity index (χ1n) is 14.0. The largest absolute Gasteiger partial charge is 0.497 e. The fraction of sp³-hybridized carbons (Fsp3) is 0.424. The van der Waals surface area contributed by atoms with Crippen molar-refractivity contribution in [3.8, 4) is 11.5 Å². The third kappa shape index (κ3) is 5.73. The Labute approximate surface area is 227 Å². The minimum absolute atomic E-state index is 0.129. The predicted octanol–water partition coefficient (Wildman–Crippen LogP) is 6.30. The van der Waals surface area contributed by atoms with Gasteiger partial charge in [-0.25, -0.2) is 0 Å². The molecule has 5 heteroatoms. The molecule has 5 rings (SSSR count). The Morgan fingerprint density at radius 3 is 1.95 bits per heavy atom. The van der Waals surface area contributed by atoms with Crippen molar-refractivity contribution in [3.63, 3.8) is 0 Å². The highest BCUT2D eigenvalue weighted by atomic mass is 16.5. The maximum Gasteiger partial charge on any atom is 0.253 e. The van der Waals surface area contributed by atoms with Gasteiger partial charge in [0.15, 0.2) is 0 Å². The smallest absolute Gasteiger partial charge is 0.253 e. The molecule has 200 valence electrons. The van der Waals surface area contributed by atoms with Crippen LogP contribution >= 0.6 is 0 Å². The van der Waals surface area contributed by atoms with Crippen molar-refractivity contribution in [1.29, 1.82) is 0 Å². The second kappa shape index (κ2) is 12.0. The van der Waals surface area contributed by atoms with E-state index in [1.165, 1.54) is 29.5 Å². The third-order valence-electron chi connectivity index (χ3n) is 8.33. The van der Waals surface area contributed by atoms with Gasteiger partial charge in [-0.1, -0.05) is 49.2 Å². The Morgan fingerprint density at radius 1 is 0.763 bits per heavy atom. The number of methoxy groups -OCH3 is 2. The van der Waals surface area contributed by atoms with Gasteiger partial charge in [-0.15, -0.1) is 0 Å². The quantitative estimate of drug-likeness (QED) is 0.372. The molecule has 5 nitrogen and oxygen atoms in total. The molecule has 0 bridgehead atoms. The zero-order valence-electron chi connectivity index (χ0n) is 22.8. The van der Waals surface area contributed by atoms with Gasteiger partial charge < -0.3 is 14.4 Å². The van der Waals surface area contributed by atoms with Gasteiger partial charge in [-0.2, -0.15) is 0 Å². The van der Waals surface area contributed by atoms with Crippen molar-refractivity contribution < 1.29 is 14.3 Å². The Hall–Kier alpha value is -3.31. The molecule has 2 saturated heterocycles. The number of likely N-dealkylation sites (tertiary alicyclic amines) is 2. The number of piperidine rings is 1. The number of rotatable bonds is 7. The molecule has 2 fully saturated rings. The fourth-order valence-corrected chi connectivity index (χ4v) is 6.25. The SMILES string of the molecule is COc1ccc(C2(c3ccc(OC)cc3)CCCN(Cc3cccc(C(=O)N4CCCCCC4)c3)C2)cc1. The summed E-state index contributed by atoms with van der Waals surface area (Å²) in [5, 5.41) is 0. The first-order valence-corrected chi connectivity index (χ1v) is 14.0. The summed E-state index contributed by atoms with van der Waals surface area (Å²) < 4.78 is 10.9. The van der Waals surface area contributed by atoms with E-state index in [1.807, 2.05) is 17.0 Å². The molecular weight excluding hydrogens is 472 g/mol. The van der Waals surface area contributed by atoms with Crippen LogP contribution in [0.3, 0.4) is 0 Å². The van der Waals surface area contributed by atoms with E-state index < -0.39 is 0 Å². The summed E-state index contributed by atoms with van der Waals surface area (Å²) in [4.78, 5) is 17.9. The lowest BCUT2D eigenvalue weighted by Gasteiger charge is -2.44. The Kier molecular flexibility index (Phi) is 8.33. The molecule has 0 aliphatic carbocycles. The van der Waals surface area contributed by atoms with Crippen molar-refractivity contribution in [2.45, 2.75) is 50.5 Å². The number of ether oxygens (including phenoxy) is 2. The zero-order valence-corrected chi connectivity index (χ0v) is 22.8.